The van der Waals surface area contributed by atoms with Crippen LogP contribution in [0.5, 0.6) is 0 Å². The van der Waals surface area contributed by atoms with Crippen LogP contribution in [0, 0.1) is 28.4 Å². The van der Waals surface area contributed by atoms with Crippen LogP contribution in [0.15, 0.2) is 0 Å². The van der Waals surface area contributed by atoms with E-state index in [1.54, 1.807) is 6.92 Å². The Balaban J connectivity index is 2.37. The molecule has 1 amide bonds. The SMILES string of the molecule is C#CC(C)NC(=O)C1CC1[N+](=O)[O-]. The van der Waals surface area contributed by atoms with Crippen molar-refractivity contribution in [2.45, 2.75) is 25.4 Å². The minimum atomic E-state index is -0.704. The van der Waals surface area contributed by atoms with Crippen molar-refractivity contribution in [1.82, 2.24) is 5.32 Å². The minimum absolute atomic E-state index is 0.313. The van der Waals surface area contributed by atoms with Crippen molar-refractivity contribution in [2.24, 2.45) is 5.92 Å². The van der Waals surface area contributed by atoms with Gasteiger partial charge in [0.2, 0.25) is 11.9 Å². The van der Waals surface area contributed by atoms with Crippen LogP contribution in [-0.4, -0.2) is 22.9 Å². The summed E-state index contributed by atoms with van der Waals surface area (Å²) < 4.78 is 0. The van der Waals surface area contributed by atoms with E-state index in [1.807, 2.05) is 0 Å². The first-order chi connectivity index (χ1) is 6.06. The fraction of sp³-hybridized carbons (Fsp3) is 0.625. The minimum Gasteiger partial charge on any atom is -0.342 e. The van der Waals surface area contributed by atoms with Crippen LogP contribution in [0.4, 0.5) is 0 Å². The zero-order chi connectivity index (χ0) is 10.0. The van der Waals surface area contributed by atoms with Gasteiger partial charge in [0.05, 0.1) is 6.04 Å². The highest BCUT2D eigenvalue weighted by molar-refractivity contribution is 5.82. The Bertz CT molecular complexity index is 282. The fourth-order valence-electron chi connectivity index (χ4n) is 1.06. The second-order valence-electron chi connectivity index (χ2n) is 3.09. The Kier molecular flexibility index (Phi) is 2.52. The molecule has 1 aliphatic carbocycles. The number of hydrogen-bond acceptors (Lipinski definition) is 3. The van der Waals surface area contributed by atoms with Gasteiger partial charge in [0.1, 0.15) is 5.92 Å². The number of terminal acetylenes is 1. The average molecular weight is 182 g/mol. The number of rotatable bonds is 3. The monoisotopic (exact) mass is 182 g/mol. The lowest BCUT2D eigenvalue weighted by atomic mass is 10.3. The molecule has 1 rings (SSSR count). The third-order valence-corrected chi connectivity index (χ3v) is 1.97. The van der Waals surface area contributed by atoms with Crippen LogP contribution in [0.2, 0.25) is 0 Å². The Labute approximate surface area is 75.7 Å². The maximum atomic E-state index is 11.2. The number of carbonyl (C=O) groups excluding carboxylic acids is 1. The highest BCUT2D eigenvalue weighted by Gasteiger charge is 2.53. The molecule has 5 nitrogen and oxygen atoms in total. The molecule has 1 fully saturated rings. The number of carbonyl (C=O) groups is 1. The third-order valence-electron chi connectivity index (χ3n) is 1.97. The second kappa shape index (κ2) is 3.44. The van der Waals surface area contributed by atoms with E-state index in [4.69, 9.17) is 6.42 Å². The average Bonchev–Trinajstić information content (AvgIpc) is 2.82. The van der Waals surface area contributed by atoms with E-state index in [0.717, 1.165) is 0 Å². The maximum Gasteiger partial charge on any atom is 0.231 e. The van der Waals surface area contributed by atoms with Crippen LogP contribution >= 0.6 is 0 Å². The van der Waals surface area contributed by atoms with Crippen LogP contribution in [0.3, 0.4) is 0 Å². The van der Waals surface area contributed by atoms with Gasteiger partial charge >= 0.3 is 0 Å². The number of hydrogen-bond donors (Lipinski definition) is 1. The zero-order valence-corrected chi connectivity index (χ0v) is 7.19. The van der Waals surface area contributed by atoms with E-state index in [-0.39, 0.29) is 11.9 Å². The highest BCUT2D eigenvalue weighted by Crippen LogP contribution is 2.32. The van der Waals surface area contributed by atoms with Gasteiger partial charge in [0.15, 0.2) is 0 Å². The van der Waals surface area contributed by atoms with E-state index >= 15 is 0 Å². The van der Waals surface area contributed by atoms with Gasteiger partial charge in [0.25, 0.3) is 0 Å². The Morgan fingerprint density at radius 2 is 2.46 bits per heavy atom. The van der Waals surface area contributed by atoms with Crippen molar-refractivity contribution >= 4 is 5.91 Å². The summed E-state index contributed by atoms with van der Waals surface area (Å²) >= 11 is 0. The highest BCUT2D eigenvalue weighted by atomic mass is 16.6. The molecule has 0 heterocycles. The first-order valence-corrected chi connectivity index (χ1v) is 3.96. The summed E-state index contributed by atoms with van der Waals surface area (Å²) in [7, 11) is 0. The summed E-state index contributed by atoms with van der Waals surface area (Å²) in [6.45, 7) is 1.65. The van der Waals surface area contributed by atoms with Gasteiger partial charge in [-0.05, 0) is 6.92 Å². The van der Waals surface area contributed by atoms with Crippen molar-refractivity contribution in [3.8, 4) is 12.3 Å². The lowest BCUT2D eigenvalue weighted by molar-refractivity contribution is -0.497. The van der Waals surface area contributed by atoms with E-state index < -0.39 is 16.9 Å². The molecular weight excluding hydrogens is 172 g/mol. The molecule has 0 aromatic rings. The van der Waals surface area contributed by atoms with Crippen LogP contribution in [0.25, 0.3) is 0 Å². The van der Waals surface area contributed by atoms with Gasteiger partial charge in [-0.25, -0.2) is 0 Å². The van der Waals surface area contributed by atoms with E-state index in [0.29, 0.717) is 6.42 Å². The number of nitrogens with zero attached hydrogens (tertiary/aromatic N) is 1. The Morgan fingerprint density at radius 3 is 2.85 bits per heavy atom. The Morgan fingerprint density at radius 1 is 1.85 bits per heavy atom. The predicted molar refractivity (Wildman–Crippen MR) is 45.3 cm³/mol. The van der Waals surface area contributed by atoms with Crippen molar-refractivity contribution in [3.05, 3.63) is 10.1 Å². The largest absolute Gasteiger partial charge is 0.342 e. The number of nitro groups is 1. The van der Waals surface area contributed by atoms with Gasteiger partial charge < -0.3 is 5.32 Å². The maximum absolute atomic E-state index is 11.2. The predicted octanol–water partition coefficient (Wildman–Crippen LogP) is -0.211. The third kappa shape index (κ3) is 2.18. The van der Waals surface area contributed by atoms with Crippen molar-refractivity contribution < 1.29 is 9.72 Å². The molecule has 5 heteroatoms. The topological polar surface area (TPSA) is 72.2 Å². The standard InChI is InChI=1S/C8H10N2O3/c1-3-5(2)9-8(11)6-4-7(6)10(12)13/h1,5-7H,4H2,2H3,(H,9,11). The second-order valence-corrected chi connectivity index (χ2v) is 3.09. The summed E-state index contributed by atoms with van der Waals surface area (Å²) in [4.78, 5) is 21.0. The van der Waals surface area contributed by atoms with Crippen LogP contribution < -0.4 is 5.32 Å². The van der Waals surface area contributed by atoms with Gasteiger partial charge in [-0.1, -0.05) is 5.92 Å². The molecule has 0 saturated heterocycles. The molecule has 13 heavy (non-hydrogen) atoms. The Hall–Kier alpha value is -1.57. The fourth-order valence-corrected chi connectivity index (χ4v) is 1.06. The van der Waals surface area contributed by atoms with Gasteiger partial charge in [-0.2, -0.15) is 0 Å². The van der Waals surface area contributed by atoms with Crippen LogP contribution in [0.1, 0.15) is 13.3 Å². The van der Waals surface area contributed by atoms with E-state index in [2.05, 4.69) is 11.2 Å². The normalized spacial score (nSPS) is 27.1. The van der Waals surface area contributed by atoms with Gasteiger partial charge in [-0.3, -0.25) is 14.9 Å². The molecule has 1 saturated carbocycles. The van der Waals surface area contributed by atoms with Gasteiger partial charge in [0, 0.05) is 11.3 Å². The zero-order valence-electron chi connectivity index (χ0n) is 7.19. The summed E-state index contributed by atoms with van der Waals surface area (Å²) in [6.07, 6.45) is 5.37. The molecule has 0 radical (unpaired) electrons. The molecule has 1 N–H and O–H groups in total. The quantitative estimate of drug-likeness (QED) is 0.373. The summed E-state index contributed by atoms with van der Waals surface area (Å²) in [6, 6.07) is -1.06. The molecule has 3 unspecified atom stereocenters. The van der Waals surface area contributed by atoms with E-state index in [1.165, 1.54) is 0 Å². The lowest BCUT2D eigenvalue weighted by Gasteiger charge is -2.05. The first kappa shape index (κ1) is 9.52. The van der Waals surface area contributed by atoms with Crippen molar-refractivity contribution in [2.75, 3.05) is 0 Å². The van der Waals surface area contributed by atoms with Crippen molar-refractivity contribution in [1.29, 1.82) is 0 Å². The summed E-state index contributed by atoms with van der Waals surface area (Å²) in [5, 5.41) is 12.7. The van der Waals surface area contributed by atoms with Crippen molar-refractivity contribution in [3.63, 3.8) is 0 Å². The molecule has 1 aliphatic rings. The lowest BCUT2D eigenvalue weighted by Crippen LogP contribution is -2.33. The molecule has 0 aromatic heterocycles. The molecule has 0 aromatic carbocycles. The molecule has 70 valence electrons. The summed E-state index contributed by atoms with van der Waals surface area (Å²) in [5.41, 5.74) is 0. The molecule has 3 atom stereocenters. The van der Waals surface area contributed by atoms with Gasteiger partial charge in [-0.15, -0.1) is 6.42 Å². The number of amides is 1. The molecule has 0 aliphatic heterocycles. The molecular formula is C8H10N2O3. The number of nitrogens with one attached hydrogen (secondary N) is 1. The molecule has 0 spiro atoms. The summed E-state index contributed by atoms with van der Waals surface area (Å²) in [5.74, 6) is 1.53. The smallest absolute Gasteiger partial charge is 0.231 e. The molecule has 0 bridgehead atoms. The van der Waals surface area contributed by atoms with Crippen LogP contribution in [-0.2, 0) is 4.79 Å². The first-order valence-electron chi connectivity index (χ1n) is 3.96. The van der Waals surface area contributed by atoms with E-state index in [9.17, 15) is 14.9 Å².